The summed E-state index contributed by atoms with van der Waals surface area (Å²) >= 11 is 0. The van der Waals surface area contributed by atoms with Crippen LogP contribution in [0.5, 0.6) is 0 Å². The van der Waals surface area contributed by atoms with Gasteiger partial charge in [0.05, 0.1) is 0 Å². The van der Waals surface area contributed by atoms with Crippen molar-refractivity contribution in [2.45, 2.75) is 19.9 Å². The van der Waals surface area contributed by atoms with Crippen molar-refractivity contribution >= 4 is 0 Å². The SMILES string of the molecule is CC(C)N1CC=C(CF)C1. The van der Waals surface area contributed by atoms with E-state index in [1.165, 1.54) is 0 Å². The lowest BCUT2D eigenvalue weighted by atomic mass is 10.3. The summed E-state index contributed by atoms with van der Waals surface area (Å²) in [6.07, 6.45) is 1.99. The van der Waals surface area contributed by atoms with E-state index in [0.29, 0.717) is 6.04 Å². The van der Waals surface area contributed by atoms with E-state index in [2.05, 4.69) is 18.7 Å². The molecule has 0 aromatic heterocycles. The predicted octanol–water partition coefficient (Wildman–Crippen LogP) is 1.61. The van der Waals surface area contributed by atoms with Crippen LogP contribution in [0, 0.1) is 0 Å². The van der Waals surface area contributed by atoms with Gasteiger partial charge in [0.1, 0.15) is 6.67 Å². The second kappa shape index (κ2) is 3.15. The predicted molar refractivity (Wildman–Crippen MR) is 40.8 cm³/mol. The standard InChI is InChI=1S/C8H14FN/c1-7(2)10-4-3-8(5-9)6-10/h3,7H,4-6H2,1-2H3. The third kappa shape index (κ3) is 1.57. The molecule has 1 aliphatic rings. The molecule has 0 radical (unpaired) electrons. The number of nitrogens with zero attached hydrogens (tertiary/aromatic N) is 1. The van der Waals surface area contributed by atoms with Crippen LogP contribution < -0.4 is 0 Å². The first kappa shape index (κ1) is 7.73. The number of hydrogen-bond donors (Lipinski definition) is 0. The summed E-state index contributed by atoms with van der Waals surface area (Å²) in [6, 6.07) is 0.542. The first-order chi connectivity index (χ1) is 4.74. The van der Waals surface area contributed by atoms with E-state index < -0.39 is 0 Å². The minimum absolute atomic E-state index is 0.275. The lowest BCUT2D eigenvalue weighted by Crippen LogP contribution is -2.28. The Morgan fingerprint density at radius 3 is 2.70 bits per heavy atom. The highest BCUT2D eigenvalue weighted by molar-refractivity contribution is 5.12. The van der Waals surface area contributed by atoms with Gasteiger partial charge in [-0.1, -0.05) is 6.08 Å². The molecule has 0 atom stereocenters. The van der Waals surface area contributed by atoms with Gasteiger partial charge in [-0.3, -0.25) is 4.90 Å². The zero-order chi connectivity index (χ0) is 7.56. The van der Waals surface area contributed by atoms with Crippen molar-refractivity contribution in [3.8, 4) is 0 Å². The molecular formula is C8H14FN. The summed E-state index contributed by atoms with van der Waals surface area (Å²) in [5.41, 5.74) is 0.939. The zero-order valence-corrected chi connectivity index (χ0v) is 6.60. The van der Waals surface area contributed by atoms with Crippen molar-refractivity contribution < 1.29 is 4.39 Å². The Balaban J connectivity index is 2.36. The Morgan fingerprint density at radius 1 is 1.70 bits per heavy atom. The molecule has 0 unspecified atom stereocenters. The summed E-state index contributed by atoms with van der Waals surface area (Å²) < 4.78 is 12.0. The summed E-state index contributed by atoms with van der Waals surface area (Å²) in [5.74, 6) is 0. The van der Waals surface area contributed by atoms with Crippen LogP contribution in [0.4, 0.5) is 4.39 Å². The third-order valence-corrected chi connectivity index (χ3v) is 1.92. The molecular weight excluding hydrogens is 129 g/mol. The molecule has 0 fully saturated rings. The molecule has 0 saturated heterocycles. The Kier molecular flexibility index (Phi) is 2.44. The summed E-state index contributed by atoms with van der Waals surface area (Å²) in [4.78, 5) is 2.24. The van der Waals surface area contributed by atoms with Crippen LogP contribution in [-0.4, -0.2) is 30.7 Å². The summed E-state index contributed by atoms with van der Waals surface area (Å²) in [6.45, 7) is 5.75. The fraction of sp³-hybridized carbons (Fsp3) is 0.750. The van der Waals surface area contributed by atoms with Crippen molar-refractivity contribution in [2.24, 2.45) is 0 Å². The summed E-state index contributed by atoms with van der Waals surface area (Å²) in [7, 11) is 0. The smallest absolute Gasteiger partial charge is 0.112 e. The first-order valence-corrected chi connectivity index (χ1v) is 3.72. The number of hydrogen-bond acceptors (Lipinski definition) is 1. The van der Waals surface area contributed by atoms with Gasteiger partial charge in [-0.05, 0) is 19.4 Å². The van der Waals surface area contributed by atoms with Gasteiger partial charge >= 0.3 is 0 Å². The quantitative estimate of drug-likeness (QED) is 0.531. The molecule has 1 aliphatic heterocycles. The lowest BCUT2D eigenvalue weighted by molar-refractivity contribution is 0.280. The molecule has 1 heterocycles. The Hall–Kier alpha value is -0.370. The molecule has 0 bridgehead atoms. The highest BCUT2D eigenvalue weighted by Crippen LogP contribution is 2.11. The average molecular weight is 143 g/mol. The van der Waals surface area contributed by atoms with E-state index in [1.807, 2.05) is 6.08 Å². The van der Waals surface area contributed by atoms with E-state index in [0.717, 1.165) is 18.7 Å². The lowest BCUT2D eigenvalue weighted by Gasteiger charge is -2.19. The second-order valence-corrected chi connectivity index (χ2v) is 3.02. The maximum absolute atomic E-state index is 12.0. The average Bonchev–Trinajstić information content (AvgIpc) is 2.34. The normalized spacial score (nSPS) is 20.2. The molecule has 0 aliphatic carbocycles. The van der Waals surface area contributed by atoms with Gasteiger partial charge < -0.3 is 0 Å². The summed E-state index contributed by atoms with van der Waals surface area (Å²) in [5, 5.41) is 0. The Labute approximate surface area is 61.5 Å². The molecule has 10 heavy (non-hydrogen) atoms. The van der Waals surface area contributed by atoms with Gasteiger partial charge in [-0.15, -0.1) is 0 Å². The molecule has 0 amide bonds. The van der Waals surface area contributed by atoms with Crippen LogP contribution in [0.25, 0.3) is 0 Å². The zero-order valence-electron chi connectivity index (χ0n) is 6.60. The van der Waals surface area contributed by atoms with Crippen LogP contribution >= 0.6 is 0 Å². The monoisotopic (exact) mass is 143 g/mol. The molecule has 0 aromatic rings. The third-order valence-electron chi connectivity index (χ3n) is 1.92. The van der Waals surface area contributed by atoms with Gasteiger partial charge in [0.15, 0.2) is 0 Å². The van der Waals surface area contributed by atoms with E-state index in [1.54, 1.807) is 0 Å². The van der Waals surface area contributed by atoms with Crippen molar-refractivity contribution in [1.82, 2.24) is 4.90 Å². The molecule has 0 N–H and O–H groups in total. The maximum atomic E-state index is 12.0. The minimum Gasteiger partial charge on any atom is -0.293 e. The van der Waals surface area contributed by atoms with Crippen LogP contribution in [-0.2, 0) is 0 Å². The van der Waals surface area contributed by atoms with Gasteiger partial charge in [0.2, 0.25) is 0 Å². The van der Waals surface area contributed by atoms with Gasteiger partial charge in [-0.2, -0.15) is 0 Å². The van der Waals surface area contributed by atoms with Crippen LogP contribution in [0.3, 0.4) is 0 Å². The number of alkyl halides is 1. The van der Waals surface area contributed by atoms with Crippen LogP contribution in [0.15, 0.2) is 11.6 Å². The number of rotatable bonds is 2. The molecule has 0 aromatic carbocycles. The van der Waals surface area contributed by atoms with E-state index in [-0.39, 0.29) is 6.67 Å². The second-order valence-electron chi connectivity index (χ2n) is 3.02. The minimum atomic E-state index is -0.275. The highest BCUT2D eigenvalue weighted by Gasteiger charge is 2.15. The van der Waals surface area contributed by atoms with Gasteiger partial charge in [0.25, 0.3) is 0 Å². The first-order valence-electron chi connectivity index (χ1n) is 3.72. The maximum Gasteiger partial charge on any atom is 0.112 e. The number of halogens is 1. The van der Waals surface area contributed by atoms with Crippen molar-refractivity contribution in [1.29, 1.82) is 0 Å². The Morgan fingerprint density at radius 2 is 2.40 bits per heavy atom. The van der Waals surface area contributed by atoms with Crippen molar-refractivity contribution in [3.63, 3.8) is 0 Å². The molecule has 58 valence electrons. The van der Waals surface area contributed by atoms with Crippen molar-refractivity contribution in [3.05, 3.63) is 11.6 Å². The topological polar surface area (TPSA) is 3.24 Å². The van der Waals surface area contributed by atoms with Crippen LogP contribution in [0.2, 0.25) is 0 Å². The Bertz CT molecular complexity index is 140. The molecule has 0 saturated carbocycles. The molecule has 1 nitrogen and oxygen atoms in total. The van der Waals surface area contributed by atoms with Gasteiger partial charge in [-0.25, -0.2) is 4.39 Å². The van der Waals surface area contributed by atoms with E-state index in [4.69, 9.17) is 0 Å². The molecule has 0 spiro atoms. The fourth-order valence-corrected chi connectivity index (χ4v) is 1.13. The highest BCUT2D eigenvalue weighted by atomic mass is 19.1. The van der Waals surface area contributed by atoms with Crippen LogP contribution in [0.1, 0.15) is 13.8 Å². The van der Waals surface area contributed by atoms with Gasteiger partial charge in [0, 0.05) is 19.1 Å². The van der Waals surface area contributed by atoms with Crippen molar-refractivity contribution in [2.75, 3.05) is 19.8 Å². The molecule has 2 heteroatoms. The largest absolute Gasteiger partial charge is 0.293 e. The van der Waals surface area contributed by atoms with E-state index >= 15 is 0 Å². The fourth-order valence-electron chi connectivity index (χ4n) is 1.13. The van der Waals surface area contributed by atoms with E-state index in [9.17, 15) is 4.39 Å². The molecule has 1 rings (SSSR count).